The zero-order chi connectivity index (χ0) is 26.9. The highest BCUT2D eigenvalue weighted by Crippen LogP contribution is 2.31. The first kappa shape index (κ1) is 25.6. The van der Waals surface area contributed by atoms with Gasteiger partial charge >= 0.3 is 0 Å². The monoisotopic (exact) mass is 513 g/mol. The Bertz CT molecular complexity index is 1390. The van der Waals surface area contributed by atoms with E-state index in [-0.39, 0.29) is 12.0 Å². The molecule has 38 heavy (non-hydrogen) atoms. The number of ether oxygens (including phenoxy) is 1. The summed E-state index contributed by atoms with van der Waals surface area (Å²) in [4.78, 5) is 31.1. The molecule has 0 radical (unpaired) electrons. The molecule has 0 aliphatic carbocycles. The summed E-state index contributed by atoms with van der Waals surface area (Å²) in [6.45, 7) is 9.30. The van der Waals surface area contributed by atoms with Gasteiger partial charge in [-0.05, 0) is 50.6 Å². The van der Waals surface area contributed by atoms with Gasteiger partial charge in [0.15, 0.2) is 0 Å². The van der Waals surface area contributed by atoms with Gasteiger partial charge in [0.25, 0.3) is 5.91 Å². The molecule has 2 N–H and O–H groups in total. The van der Waals surface area contributed by atoms with Gasteiger partial charge in [0, 0.05) is 55.3 Å². The fourth-order valence-corrected chi connectivity index (χ4v) is 4.42. The van der Waals surface area contributed by atoms with E-state index in [0.29, 0.717) is 49.2 Å². The van der Waals surface area contributed by atoms with Crippen molar-refractivity contribution in [3.8, 4) is 17.3 Å². The van der Waals surface area contributed by atoms with Crippen molar-refractivity contribution < 1.29 is 14.6 Å². The number of aliphatic hydroxyl groups excluding tert-OH is 1. The van der Waals surface area contributed by atoms with Crippen LogP contribution in [0.15, 0.2) is 42.6 Å². The minimum absolute atomic E-state index is 0.288. The van der Waals surface area contributed by atoms with Crippen LogP contribution >= 0.6 is 0 Å². The number of nitrogens with one attached hydrogen (secondary N) is 1. The Hall–Kier alpha value is -4.07. The lowest BCUT2D eigenvalue weighted by Gasteiger charge is -2.37. The number of aliphatic hydroxyl groups is 1. The van der Waals surface area contributed by atoms with Gasteiger partial charge in [-0.25, -0.2) is 4.98 Å². The fraction of sp³-hybridized carbons (Fsp3) is 0.393. The van der Waals surface area contributed by atoms with Crippen molar-refractivity contribution in [1.29, 1.82) is 5.26 Å². The van der Waals surface area contributed by atoms with E-state index in [0.717, 1.165) is 35.7 Å². The zero-order valence-corrected chi connectivity index (χ0v) is 21.8. The second kappa shape index (κ2) is 10.4. The van der Waals surface area contributed by atoms with Gasteiger partial charge in [-0.1, -0.05) is 6.07 Å². The maximum atomic E-state index is 13.1. The maximum absolute atomic E-state index is 13.1. The highest BCUT2D eigenvalue weighted by atomic mass is 16.5. The van der Waals surface area contributed by atoms with Crippen molar-refractivity contribution in [2.45, 2.75) is 32.3 Å². The molecule has 2 aliphatic heterocycles. The average molecular weight is 514 g/mol. The first-order valence-corrected chi connectivity index (χ1v) is 12.7. The van der Waals surface area contributed by atoms with Gasteiger partial charge in [-0.15, -0.1) is 0 Å². The van der Waals surface area contributed by atoms with Crippen molar-refractivity contribution in [3.63, 3.8) is 0 Å². The highest BCUT2D eigenvalue weighted by Gasteiger charge is 2.28. The van der Waals surface area contributed by atoms with Crippen molar-refractivity contribution in [1.82, 2.24) is 15.0 Å². The second-order valence-electron chi connectivity index (χ2n) is 10.2. The molecule has 0 spiro atoms. The van der Waals surface area contributed by atoms with Crippen LogP contribution in [0.2, 0.25) is 0 Å². The smallest absolute Gasteiger partial charge is 0.255 e. The molecule has 0 saturated carbocycles. The third-order valence-corrected chi connectivity index (χ3v) is 6.89. The predicted molar refractivity (Wildman–Crippen MR) is 144 cm³/mol. The predicted octanol–water partition coefficient (Wildman–Crippen LogP) is 2.92. The molecular formula is C28H31N7O3. The third kappa shape index (κ3) is 5.30. The average Bonchev–Trinajstić information content (AvgIpc) is 2.92. The Morgan fingerprint density at radius 3 is 2.61 bits per heavy atom. The Labute approximate surface area is 221 Å². The normalized spacial score (nSPS) is 16.1. The number of β-amino-alcohol motifs (C(OH)–C–C–N with tert-alkyl or cyclic N) is 1. The molecule has 2 aliphatic rings. The largest absolute Gasteiger partial charge is 0.389 e. The molecule has 3 aromatic rings. The van der Waals surface area contributed by atoms with Crippen LogP contribution in [0.4, 0.5) is 17.5 Å². The lowest BCUT2D eigenvalue weighted by atomic mass is 9.90. The molecule has 2 saturated heterocycles. The Morgan fingerprint density at radius 2 is 1.89 bits per heavy atom. The summed E-state index contributed by atoms with van der Waals surface area (Å²) < 4.78 is 5.51. The molecule has 10 heteroatoms. The van der Waals surface area contributed by atoms with Crippen LogP contribution in [0.1, 0.15) is 35.5 Å². The number of aromatic nitrogens is 3. The Kier molecular flexibility index (Phi) is 6.97. The number of benzene rings is 1. The van der Waals surface area contributed by atoms with Gasteiger partial charge in [0.2, 0.25) is 5.95 Å². The fourth-order valence-electron chi connectivity index (χ4n) is 4.42. The summed E-state index contributed by atoms with van der Waals surface area (Å²) in [6, 6.07) is 13.2. The van der Waals surface area contributed by atoms with Crippen molar-refractivity contribution in [3.05, 3.63) is 59.4 Å². The van der Waals surface area contributed by atoms with Crippen molar-refractivity contribution in [2.75, 3.05) is 54.5 Å². The topological polar surface area (TPSA) is 128 Å². The van der Waals surface area contributed by atoms with E-state index in [9.17, 15) is 15.2 Å². The van der Waals surface area contributed by atoms with E-state index in [2.05, 4.69) is 21.3 Å². The first-order valence-electron chi connectivity index (χ1n) is 12.7. The minimum Gasteiger partial charge on any atom is -0.389 e. The van der Waals surface area contributed by atoms with E-state index < -0.39 is 5.41 Å². The lowest BCUT2D eigenvalue weighted by molar-refractivity contribution is 0.102. The van der Waals surface area contributed by atoms with Crippen molar-refractivity contribution >= 4 is 23.4 Å². The van der Waals surface area contributed by atoms with Crippen LogP contribution in [-0.4, -0.2) is 71.5 Å². The van der Waals surface area contributed by atoms with E-state index in [4.69, 9.17) is 14.7 Å². The number of rotatable bonds is 6. The van der Waals surface area contributed by atoms with Crippen molar-refractivity contribution in [2.24, 2.45) is 0 Å². The summed E-state index contributed by atoms with van der Waals surface area (Å²) in [5.41, 5.74) is 3.42. The number of anilines is 3. The van der Waals surface area contributed by atoms with Crippen LogP contribution < -0.4 is 15.1 Å². The molecular weight excluding hydrogens is 482 g/mol. The molecule has 1 amide bonds. The summed E-state index contributed by atoms with van der Waals surface area (Å²) in [5, 5.41) is 22.2. The molecule has 5 rings (SSSR count). The van der Waals surface area contributed by atoms with E-state index in [1.54, 1.807) is 32.2 Å². The second-order valence-corrected chi connectivity index (χ2v) is 10.2. The molecule has 2 aromatic heterocycles. The number of hydrogen-bond acceptors (Lipinski definition) is 9. The summed E-state index contributed by atoms with van der Waals surface area (Å²) >= 11 is 0. The Balaban J connectivity index is 1.45. The molecule has 196 valence electrons. The SMILES string of the molecule is Cc1ccc(NC(=O)c2ccnc(C(C)(C)C#N)c2)cc1-c1cc(N2CCOCC2)nc(N2CC(O)C2)n1. The van der Waals surface area contributed by atoms with Crippen LogP contribution in [0.25, 0.3) is 11.3 Å². The van der Waals surface area contributed by atoms with Crippen LogP contribution in [-0.2, 0) is 10.2 Å². The number of pyridine rings is 1. The quantitative estimate of drug-likeness (QED) is 0.511. The van der Waals surface area contributed by atoms with Gasteiger partial charge in [0.1, 0.15) is 5.82 Å². The number of nitrogens with zero attached hydrogens (tertiary/aromatic N) is 6. The Morgan fingerprint density at radius 1 is 1.13 bits per heavy atom. The van der Waals surface area contributed by atoms with Crippen LogP contribution in [0.5, 0.6) is 0 Å². The summed E-state index contributed by atoms with van der Waals surface area (Å²) in [7, 11) is 0. The summed E-state index contributed by atoms with van der Waals surface area (Å²) in [6.07, 6.45) is 1.17. The number of hydrogen-bond donors (Lipinski definition) is 2. The van der Waals surface area contributed by atoms with Crippen LogP contribution in [0.3, 0.4) is 0 Å². The molecule has 0 unspecified atom stereocenters. The standard InChI is InChI=1S/C28H31N7O3/c1-18-4-5-20(31-26(37)19-6-7-30-24(12-19)28(2,3)17-29)13-22(18)23-14-25(34-8-10-38-11-9-34)33-27(32-23)35-15-21(36)16-35/h4-7,12-14,21,36H,8-11,15-16H2,1-3H3,(H,31,37). The maximum Gasteiger partial charge on any atom is 0.255 e. The molecule has 10 nitrogen and oxygen atoms in total. The van der Waals surface area contributed by atoms with Crippen LogP contribution in [0, 0.1) is 18.3 Å². The number of aryl methyl sites for hydroxylation is 1. The molecule has 0 atom stereocenters. The molecule has 4 heterocycles. The lowest BCUT2D eigenvalue weighted by Crippen LogP contribution is -2.51. The number of carbonyl (C=O) groups is 1. The third-order valence-electron chi connectivity index (χ3n) is 6.89. The first-order chi connectivity index (χ1) is 18.2. The number of morpholine rings is 1. The number of carbonyl (C=O) groups excluding carboxylic acids is 1. The van der Waals surface area contributed by atoms with E-state index in [1.807, 2.05) is 36.1 Å². The number of nitriles is 1. The minimum atomic E-state index is -0.803. The molecule has 1 aromatic carbocycles. The highest BCUT2D eigenvalue weighted by molar-refractivity contribution is 6.04. The van der Waals surface area contributed by atoms with E-state index in [1.165, 1.54) is 0 Å². The molecule has 2 fully saturated rings. The van der Waals surface area contributed by atoms with Gasteiger partial charge < -0.3 is 25.0 Å². The van der Waals surface area contributed by atoms with Gasteiger partial charge in [-0.2, -0.15) is 10.2 Å². The van der Waals surface area contributed by atoms with Gasteiger partial charge in [0.05, 0.1) is 42.2 Å². The zero-order valence-electron chi connectivity index (χ0n) is 21.8. The van der Waals surface area contributed by atoms with E-state index >= 15 is 0 Å². The summed E-state index contributed by atoms with van der Waals surface area (Å²) in [5.74, 6) is 1.10. The van der Waals surface area contributed by atoms with Gasteiger partial charge in [-0.3, -0.25) is 9.78 Å². The number of amides is 1. The molecule has 0 bridgehead atoms.